The molecule has 0 saturated heterocycles. The standard InChI is InChI=1S/C16H20FN3O/c1-5-8-18-15-11(3)16(20-12(4)19-15)21-13-6-7-14(17)10(2)9-13/h6-7,9H,5,8H2,1-4H3,(H,18,19,20). The molecule has 0 aliphatic carbocycles. The van der Waals surface area contributed by atoms with Crippen molar-refractivity contribution in [1.29, 1.82) is 0 Å². The van der Waals surface area contributed by atoms with Crippen LogP contribution in [-0.2, 0) is 0 Å². The molecule has 0 fully saturated rings. The van der Waals surface area contributed by atoms with E-state index in [0.29, 0.717) is 23.0 Å². The monoisotopic (exact) mass is 289 g/mol. The van der Waals surface area contributed by atoms with Crippen LogP contribution in [0.15, 0.2) is 18.2 Å². The number of benzene rings is 1. The van der Waals surface area contributed by atoms with Gasteiger partial charge in [0.15, 0.2) is 0 Å². The van der Waals surface area contributed by atoms with Crippen molar-refractivity contribution in [2.24, 2.45) is 0 Å². The van der Waals surface area contributed by atoms with Gasteiger partial charge in [-0.2, -0.15) is 4.98 Å². The highest BCUT2D eigenvalue weighted by Gasteiger charge is 2.11. The van der Waals surface area contributed by atoms with E-state index in [0.717, 1.165) is 24.3 Å². The normalized spacial score (nSPS) is 10.5. The number of hydrogen-bond acceptors (Lipinski definition) is 4. The summed E-state index contributed by atoms with van der Waals surface area (Å²) in [6.07, 6.45) is 1.01. The smallest absolute Gasteiger partial charge is 0.227 e. The first kappa shape index (κ1) is 15.2. The first-order chi connectivity index (χ1) is 10.0. The number of nitrogens with zero attached hydrogens (tertiary/aromatic N) is 2. The Morgan fingerprint density at radius 1 is 1.19 bits per heavy atom. The minimum atomic E-state index is -0.247. The third kappa shape index (κ3) is 3.68. The average molecular weight is 289 g/mol. The minimum absolute atomic E-state index is 0.247. The third-order valence-corrected chi connectivity index (χ3v) is 3.10. The predicted molar refractivity (Wildman–Crippen MR) is 81.5 cm³/mol. The third-order valence-electron chi connectivity index (χ3n) is 3.10. The molecule has 0 aliphatic rings. The van der Waals surface area contributed by atoms with Crippen molar-refractivity contribution in [1.82, 2.24) is 9.97 Å². The van der Waals surface area contributed by atoms with Crippen molar-refractivity contribution in [2.45, 2.75) is 34.1 Å². The number of rotatable bonds is 5. The Bertz CT molecular complexity index is 644. The molecule has 4 nitrogen and oxygen atoms in total. The molecule has 2 rings (SSSR count). The molecule has 1 N–H and O–H groups in total. The van der Waals surface area contributed by atoms with Gasteiger partial charge in [-0.3, -0.25) is 0 Å². The van der Waals surface area contributed by atoms with E-state index in [-0.39, 0.29) is 5.82 Å². The topological polar surface area (TPSA) is 47.0 Å². The molecule has 2 aromatic rings. The first-order valence-electron chi connectivity index (χ1n) is 7.04. The van der Waals surface area contributed by atoms with E-state index in [1.165, 1.54) is 6.07 Å². The fourth-order valence-electron chi connectivity index (χ4n) is 1.91. The number of ether oxygens (including phenoxy) is 1. The van der Waals surface area contributed by atoms with Gasteiger partial charge in [-0.25, -0.2) is 9.37 Å². The van der Waals surface area contributed by atoms with E-state index in [9.17, 15) is 4.39 Å². The lowest BCUT2D eigenvalue weighted by Gasteiger charge is -2.13. The van der Waals surface area contributed by atoms with Crippen LogP contribution in [0.4, 0.5) is 10.2 Å². The van der Waals surface area contributed by atoms with Crippen LogP contribution in [0.1, 0.15) is 30.3 Å². The molecule has 5 heteroatoms. The van der Waals surface area contributed by atoms with Gasteiger partial charge in [-0.1, -0.05) is 6.92 Å². The summed E-state index contributed by atoms with van der Waals surface area (Å²) in [4.78, 5) is 8.70. The molecule has 21 heavy (non-hydrogen) atoms. The maximum absolute atomic E-state index is 13.3. The molecule has 0 amide bonds. The second kappa shape index (κ2) is 6.52. The molecule has 1 aromatic heterocycles. The molecule has 0 spiro atoms. The van der Waals surface area contributed by atoms with Crippen LogP contribution in [0.3, 0.4) is 0 Å². The first-order valence-corrected chi connectivity index (χ1v) is 7.04. The summed E-state index contributed by atoms with van der Waals surface area (Å²) in [5.41, 5.74) is 1.39. The lowest BCUT2D eigenvalue weighted by Crippen LogP contribution is -2.07. The number of aryl methyl sites for hydroxylation is 2. The number of halogens is 1. The summed E-state index contributed by atoms with van der Waals surface area (Å²) in [5, 5.41) is 3.26. The van der Waals surface area contributed by atoms with Crippen LogP contribution in [0.2, 0.25) is 0 Å². The van der Waals surface area contributed by atoms with Gasteiger partial charge in [-0.05, 0) is 51.0 Å². The van der Waals surface area contributed by atoms with Crippen LogP contribution in [0.25, 0.3) is 0 Å². The molecule has 1 heterocycles. The van der Waals surface area contributed by atoms with Gasteiger partial charge in [0.05, 0.1) is 5.56 Å². The summed E-state index contributed by atoms with van der Waals surface area (Å²) < 4.78 is 19.1. The second-order valence-electron chi connectivity index (χ2n) is 4.99. The van der Waals surface area contributed by atoms with Gasteiger partial charge in [0.25, 0.3) is 0 Å². The highest BCUT2D eigenvalue weighted by Crippen LogP contribution is 2.28. The van der Waals surface area contributed by atoms with Gasteiger partial charge in [0.1, 0.15) is 23.2 Å². The molecule has 0 atom stereocenters. The van der Waals surface area contributed by atoms with Crippen molar-refractivity contribution >= 4 is 5.82 Å². The fourth-order valence-corrected chi connectivity index (χ4v) is 1.91. The zero-order valence-electron chi connectivity index (χ0n) is 12.8. The lowest BCUT2D eigenvalue weighted by molar-refractivity contribution is 0.454. The molecule has 0 unspecified atom stereocenters. The van der Waals surface area contributed by atoms with Crippen molar-refractivity contribution < 1.29 is 9.13 Å². The van der Waals surface area contributed by atoms with Gasteiger partial charge >= 0.3 is 0 Å². The zero-order valence-corrected chi connectivity index (χ0v) is 12.8. The highest BCUT2D eigenvalue weighted by molar-refractivity contribution is 5.49. The van der Waals surface area contributed by atoms with Gasteiger partial charge in [0.2, 0.25) is 5.88 Å². The Morgan fingerprint density at radius 2 is 1.95 bits per heavy atom. The van der Waals surface area contributed by atoms with E-state index in [1.54, 1.807) is 19.1 Å². The summed E-state index contributed by atoms with van der Waals surface area (Å²) in [6.45, 7) is 8.36. The molecule has 1 aromatic carbocycles. The number of anilines is 1. The second-order valence-corrected chi connectivity index (χ2v) is 4.99. The number of nitrogens with one attached hydrogen (secondary N) is 1. The highest BCUT2D eigenvalue weighted by atomic mass is 19.1. The maximum Gasteiger partial charge on any atom is 0.227 e. The molecule has 0 saturated carbocycles. The number of hydrogen-bond donors (Lipinski definition) is 1. The Hall–Kier alpha value is -2.17. The van der Waals surface area contributed by atoms with E-state index in [2.05, 4.69) is 22.2 Å². The molecular formula is C16H20FN3O. The van der Waals surface area contributed by atoms with Gasteiger partial charge in [0, 0.05) is 6.54 Å². The molecule has 0 aliphatic heterocycles. The van der Waals surface area contributed by atoms with E-state index in [1.807, 2.05) is 13.8 Å². The van der Waals surface area contributed by atoms with Crippen molar-refractivity contribution in [3.8, 4) is 11.6 Å². The fraction of sp³-hybridized carbons (Fsp3) is 0.375. The Labute approximate surface area is 124 Å². The summed E-state index contributed by atoms with van der Waals surface area (Å²) in [5.74, 6) is 2.22. The summed E-state index contributed by atoms with van der Waals surface area (Å²) in [7, 11) is 0. The van der Waals surface area contributed by atoms with Crippen molar-refractivity contribution in [2.75, 3.05) is 11.9 Å². The van der Waals surface area contributed by atoms with E-state index in [4.69, 9.17) is 4.74 Å². The van der Waals surface area contributed by atoms with Gasteiger partial charge in [-0.15, -0.1) is 0 Å². The average Bonchev–Trinajstić information content (AvgIpc) is 2.45. The van der Waals surface area contributed by atoms with Crippen LogP contribution < -0.4 is 10.1 Å². The van der Waals surface area contributed by atoms with Crippen LogP contribution in [0.5, 0.6) is 11.6 Å². The lowest BCUT2D eigenvalue weighted by atomic mass is 10.2. The largest absolute Gasteiger partial charge is 0.439 e. The summed E-state index contributed by atoms with van der Waals surface area (Å²) >= 11 is 0. The zero-order chi connectivity index (χ0) is 15.4. The van der Waals surface area contributed by atoms with Crippen LogP contribution in [0, 0.1) is 26.6 Å². The van der Waals surface area contributed by atoms with Crippen molar-refractivity contribution in [3.63, 3.8) is 0 Å². The molecule has 0 radical (unpaired) electrons. The van der Waals surface area contributed by atoms with Crippen LogP contribution in [-0.4, -0.2) is 16.5 Å². The molecule has 112 valence electrons. The number of aromatic nitrogens is 2. The molecular weight excluding hydrogens is 269 g/mol. The van der Waals surface area contributed by atoms with E-state index < -0.39 is 0 Å². The SMILES string of the molecule is CCCNc1nc(C)nc(Oc2ccc(F)c(C)c2)c1C. The van der Waals surface area contributed by atoms with E-state index >= 15 is 0 Å². The Balaban J connectivity index is 2.30. The van der Waals surface area contributed by atoms with Gasteiger partial charge < -0.3 is 10.1 Å². The quantitative estimate of drug-likeness (QED) is 0.898. The summed E-state index contributed by atoms with van der Waals surface area (Å²) in [6, 6.07) is 4.65. The minimum Gasteiger partial charge on any atom is -0.439 e. The van der Waals surface area contributed by atoms with Crippen molar-refractivity contribution in [3.05, 3.63) is 41.0 Å². The molecule has 0 bridgehead atoms. The Kier molecular flexibility index (Phi) is 4.73. The van der Waals surface area contributed by atoms with Crippen LogP contribution >= 0.6 is 0 Å². The maximum atomic E-state index is 13.3. The predicted octanol–water partition coefficient (Wildman–Crippen LogP) is 4.16. The Morgan fingerprint density at radius 3 is 2.62 bits per heavy atom.